The molecule has 6 nitrogen and oxygen atoms in total. The molecule has 3 aromatic rings. The maximum atomic E-state index is 12.7. The van der Waals surface area contributed by atoms with Crippen molar-refractivity contribution in [1.29, 1.82) is 0 Å². The van der Waals surface area contributed by atoms with E-state index < -0.39 is 0 Å². The number of rotatable bonds is 9. The molecule has 1 saturated heterocycles. The van der Waals surface area contributed by atoms with E-state index in [0.717, 1.165) is 30.8 Å². The highest BCUT2D eigenvalue weighted by Gasteiger charge is 2.13. The molecule has 180 valence electrons. The molecule has 1 aliphatic heterocycles. The van der Waals surface area contributed by atoms with Gasteiger partial charge in [-0.1, -0.05) is 36.3 Å². The van der Waals surface area contributed by atoms with Gasteiger partial charge in [-0.3, -0.25) is 4.79 Å². The molecule has 0 radical (unpaired) electrons. The number of allylic oxidation sites excluding steroid dienone is 1. The number of anilines is 2. The zero-order chi connectivity index (χ0) is 24.0. The second-order valence-corrected chi connectivity index (χ2v) is 9.48. The lowest BCUT2D eigenvalue weighted by atomic mass is 10.0. The molecule has 0 saturated carbocycles. The third-order valence-corrected chi connectivity index (χ3v) is 6.61. The summed E-state index contributed by atoms with van der Waals surface area (Å²) in [6.45, 7) is 5.48. The average Bonchev–Trinajstić information content (AvgIpc) is 3.24. The van der Waals surface area contributed by atoms with Crippen molar-refractivity contribution in [2.45, 2.75) is 45.4 Å². The molecule has 2 heterocycles. The van der Waals surface area contributed by atoms with Gasteiger partial charge in [0.1, 0.15) is 5.75 Å². The zero-order valence-corrected chi connectivity index (χ0v) is 20.3. The zero-order valence-electron chi connectivity index (χ0n) is 20.3. The van der Waals surface area contributed by atoms with Crippen LogP contribution in [0.2, 0.25) is 0 Å². The molecule has 0 amide bonds. The van der Waals surface area contributed by atoms with Crippen LogP contribution in [0.1, 0.15) is 60.5 Å². The predicted octanol–water partition coefficient (Wildman–Crippen LogP) is 6.42. The normalized spacial score (nSPS) is 15.4. The van der Waals surface area contributed by atoms with E-state index >= 15 is 0 Å². The molecule has 1 fully saturated rings. The molecule has 1 aromatic heterocycles. The number of benzene rings is 2. The van der Waals surface area contributed by atoms with E-state index in [1.54, 1.807) is 12.3 Å². The quantitative estimate of drug-likeness (QED) is 0.366. The fraction of sp³-hybridized carbons (Fsp3) is 0.345. The molecular formula is C29H32N4O2. The fourth-order valence-electron chi connectivity index (χ4n) is 4.82. The SMILES string of the molecule is CC1=Cc2cc(Oc3ccnc(Nc4cccc(C(=O)CCCN5CCCCC5)c4)n3)ccc2C1. The fourth-order valence-corrected chi connectivity index (χ4v) is 4.82. The Morgan fingerprint density at radius 2 is 1.97 bits per heavy atom. The summed E-state index contributed by atoms with van der Waals surface area (Å²) in [6.07, 6.45) is 10.2. The minimum atomic E-state index is 0.171. The first-order chi connectivity index (χ1) is 17.1. The van der Waals surface area contributed by atoms with Crippen molar-refractivity contribution in [3.63, 3.8) is 0 Å². The van der Waals surface area contributed by atoms with Crippen LogP contribution in [0.15, 0.2) is 60.3 Å². The highest BCUT2D eigenvalue weighted by Crippen LogP contribution is 2.30. The Morgan fingerprint density at radius 1 is 1.09 bits per heavy atom. The molecule has 1 N–H and O–H groups in total. The van der Waals surface area contributed by atoms with E-state index in [1.807, 2.05) is 36.4 Å². The number of aromatic nitrogens is 2. The molecule has 2 aliphatic rings. The van der Waals surface area contributed by atoms with E-state index in [1.165, 1.54) is 49.1 Å². The highest BCUT2D eigenvalue weighted by atomic mass is 16.5. The summed E-state index contributed by atoms with van der Waals surface area (Å²) in [4.78, 5) is 24.0. The lowest BCUT2D eigenvalue weighted by Gasteiger charge is -2.26. The Bertz CT molecular complexity index is 1230. The molecule has 0 unspecified atom stereocenters. The van der Waals surface area contributed by atoms with Crippen molar-refractivity contribution in [3.05, 3.63) is 77.0 Å². The van der Waals surface area contributed by atoms with Crippen molar-refractivity contribution in [2.75, 3.05) is 25.0 Å². The highest BCUT2D eigenvalue weighted by molar-refractivity contribution is 5.97. The number of hydrogen-bond donors (Lipinski definition) is 1. The third kappa shape index (κ3) is 6.14. The monoisotopic (exact) mass is 468 g/mol. The topological polar surface area (TPSA) is 67.3 Å². The average molecular weight is 469 g/mol. The summed E-state index contributed by atoms with van der Waals surface area (Å²) in [5.41, 5.74) is 5.36. The lowest BCUT2D eigenvalue weighted by Crippen LogP contribution is -2.30. The summed E-state index contributed by atoms with van der Waals surface area (Å²) < 4.78 is 5.99. The number of carbonyl (C=O) groups excluding carboxylic acids is 1. The molecule has 0 atom stereocenters. The van der Waals surface area contributed by atoms with E-state index in [0.29, 0.717) is 23.8 Å². The number of carbonyl (C=O) groups is 1. The number of ketones is 1. The minimum absolute atomic E-state index is 0.171. The Labute approximate surface area is 207 Å². The van der Waals surface area contributed by atoms with Crippen LogP contribution in [0.4, 0.5) is 11.6 Å². The maximum absolute atomic E-state index is 12.7. The largest absolute Gasteiger partial charge is 0.439 e. The Balaban J connectivity index is 1.19. The predicted molar refractivity (Wildman–Crippen MR) is 139 cm³/mol. The Kier molecular flexibility index (Phi) is 7.19. The van der Waals surface area contributed by atoms with Gasteiger partial charge >= 0.3 is 0 Å². The second-order valence-electron chi connectivity index (χ2n) is 9.48. The molecule has 2 aromatic carbocycles. The number of nitrogens with one attached hydrogen (secondary N) is 1. The Morgan fingerprint density at radius 3 is 2.86 bits per heavy atom. The van der Waals surface area contributed by atoms with Crippen LogP contribution in [0, 0.1) is 0 Å². The van der Waals surface area contributed by atoms with Crippen LogP contribution in [0.5, 0.6) is 11.6 Å². The molecule has 0 spiro atoms. The summed E-state index contributed by atoms with van der Waals surface area (Å²) in [5, 5.41) is 3.21. The molecule has 6 heteroatoms. The van der Waals surface area contributed by atoms with Crippen LogP contribution in [0.25, 0.3) is 6.08 Å². The van der Waals surface area contributed by atoms with Gasteiger partial charge in [-0.2, -0.15) is 4.98 Å². The van der Waals surface area contributed by atoms with Crippen LogP contribution in [0.3, 0.4) is 0 Å². The summed E-state index contributed by atoms with van der Waals surface area (Å²) in [7, 11) is 0. The van der Waals surface area contributed by atoms with E-state index in [9.17, 15) is 4.79 Å². The summed E-state index contributed by atoms with van der Waals surface area (Å²) in [6, 6.07) is 15.4. The number of piperidine rings is 1. The van der Waals surface area contributed by atoms with E-state index in [2.05, 4.69) is 39.3 Å². The molecule has 0 bridgehead atoms. The minimum Gasteiger partial charge on any atom is -0.439 e. The Hall–Kier alpha value is -3.51. The molecule has 5 rings (SSSR count). The maximum Gasteiger partial charge on any atom is 0.230 e. The van der Waals surface area contributed by atoms with Crippen LogP contribution < -0.4 is 10.1 Å². The van der Waals surface area contributed by atoms with Gasteiger partial charge in [0, 0.05) is 29.9 Å². The molecule has 1 aliphatic carbocycles. The number of fused-ring (bicyclic) bond motifs is 1. The van der Waals surface area contributed by atoms with Crippen LogP contribution in [-0.4, -0.2) is 40.3 Å². The number of ether oxygens (including phenoxy) is 1. The van der Waals surface area contributed by atoms with Gasteiger partial charge in [-0.25, -0.2) is 4.98 Å². The van der Waals surface area contributed by atoms with Crippen molar-refractivity contribution in [2.24, 2.45) is 0 Å². The van der Waals surface area contributed by atoms with Gasteiger partial charge < -0.3 is 15.0 Å². The smallest absolute Gasteiger partial charge is 0.230 e. The van der Waals surface area contributed by atoms with Crippen molar-refractivity contribution < 1.29 is 9.53 Å². The number of hydrogen-bond acceptors (Lipinski definition) is 6. The van der Waals surface area contributed by atoms with Gasteiger partial charge in [-0.15, -0.1) is 0 Å². The van der Waals surface area contributed by atoms with E-state index in [4.69, 9.17) is 4.74 Å². The van der Waals surface area contributed by atoms with Crippen molar-refractivity contribution in [3.8, 4) is 11.6 Å². The van der Waals surface area contributed by atoms with Gasteiger partial charge in [-0.05, 0) is 87.6 Å². The van der Waals surface area contributed by atoms with Gasteiger partial charge in [0.2, 0.25) is 11.8 Å². The van der Waals surface area contributed by atoms with Gasteiger partial charge in [0.05, 0.1) is 0 Å². The first-order valence-electron chi connectivity index (χ1n) is 12.6. The summed E-state index contributed by atoms with van der Waals surface area (Å²) in [5.74, 6) is 1.81. The summed E-state index contributed by atoms with van der Waals surface area (Å²) >= 11 is 0. The van der Waals surface area contributed by atoms with Crippen LogP contribution in [-0.2, 0) is 6.42 Å². The van der Waals surface area contributed by atoms with Gasteiger partial charge in [0.25, 0.3) is 0 Å². The standard InChI is InChI=1S/C29H32N4O2/c1-21-17-22-10-11-26(20-24(22)18-21)35-28-12-13-30-29(32-28)31-25-8-5-7-23(19-25)27(34)9-6-16-33-14-3-2-4-15-33/h5,7-8,10-13,18-20H,2-4,6,9,14-17H2,1H3,(H,30,31,32). The van der Waals surface area contributed by atoms with E-state index in [-0.39, 0.29) is 5.78 Å². The third-order valence-electron chi connectivity index (χ3n) is 6.61. The first kappa shape index (κ1) is 23.2. The van der Waals surface area contributed by atoms with Crippen molar-refractivity contribution in [1.82, 2.24) is 14.9 Å². The number of likely N-dealkylation sites (tertiary alicyclic amines) is 1. The number of nitrogens with zero attached hydrogens (tertiary/aromatic N) is 3. The first-order valence-corrected chi connectivity index (χ1v) is 12.6. The molecular weight excluding hydrogens is 436 g/mol. The van der Waals surface area contributed by atoms with Crippen LogP contribution >= 0.6 is 0 Å². The number of Topliss-reactive ketones (excluding diaryl/α,β-unsaturated/α-hetero) is 1. The van der Waals surface area contributed by atoms with Crippen molar-refractivity contribution >= 4 is 23.5 Å². The molecule has 35 heavy (non-hydrogen) atoms. The second kappa shape index (κ2) is 10.8. The lowest BCUT2D eigenvalue weighted by molar-refractivity contribution is 0.0973. The van der Waals surface area contributed by atoms with Gasteiger partial charge in [0.15, 0.2) is 5.78 Å².